The zero-order chi connectivity index (χ0) is 16.0. The molecule has 2 saturated heterocycles. The number of hydrogen-bond donors (Lipinski definition) is 1. The van der Waals surface area contributed by atoms with Crippen LogP contribution < -0.4 is 0 Å². The lowest BCUT2D eigenvalue weighted by Crippen LogP contribution is -2.50. The van der Waals surface area contributed by atoms with Crippen molar-refractivity contribution in [2.45, 2.75) is 56.6 Å². The number of ether oxygens (including phenoxy) is 3. The monoisotopic (exact) mass is 319 g/mol. The molecule has 23 heavy (non-hydrogen) atoms. The number of nitrogens with zero attached hydrogens (tertiary/aromatic N) is 1. The first-order valence-electron chi connectivity index (χ1n) is 7.96. The molecular formula is C17H21NO5. The zero-order valence-electron chi connectivity index (χ0n) is 13.2. The van der Waals surface area contributed by atoms with E-state index in [2.05, 4.69) is 5.16 Å². The smallest absolute Gasteiger partial charge is 0.163 e. The molecule has 0 aromatic heterocycles. The van der Waals surface area contributed by atoms with Crippen molar-refractivity contribution in [2.75, 3.05) is 6.61 Å². The Hall–Kier alpha value is -1.47. The van der Waals surface area contributed by atoms with Crippen molar-refractivity contribution >= 4 is 5.71 Å². The van der Waals surface area contributed by atoms with Crippen LogP contribution in [0.15, 0.2) is 35.5 Å². The van der Waals surface area contributed by atoms with E-state index in [9.17, 15) is 5.11 Å². The summed E-state index contributed by atoms with van der Waals surface area (Å²) in [4.78, 5) is 5.53. The van der Waals surface area contributed by atoms with E-state index in [0.29, 0.717) is 13.0 Å². The van der Waals surface area contributed by atoms with Crippen LogP contribution in [-0.4, -0.2) is 47.6 Å². The minimum Gasteiger partial charge on any atom is -0.387 e. The Morgan fingerprint density at radius 1 is 1.22 bits per heavy atom. The lowest BCUT2D eigenvalue weighted by Gasteiger charge is -2.37. The summed E-state index contributed by atoms with van der Waals surface area (Å²) >= 11 is 0. The number of fused-ring (bicyclic) bond motifs is 1. The Balaban J connectivity index is 1.46. The second-order valence-electron chi connectivity index (χ2n) is 6.67. The van der Waals surface area contributed by atoms with Crippen molar-refractivity contribution in [2.24, 2.45) is 5.16 Å². The maximum absolute atomic E-state index is 10.6. The maximum Gasteiger partial charge on any atom is 0.163 e. The summed E-state index contributed by atoms with van der Waals surface area (Å²) in [7, 11) is 0. The van der Waals surface area contributed by atoms with E-state index in [1.807, 2.05) is 44.2 Å². The van der Waals surface area contributed by atoms with E-state index in [1.165, 1.54) is 0 Å². The SMILES string of the molecule is CC1(C)OC[C@H]2O[C@H](C3=NOC(c4ccccc4)C3)[C@H](O)[C@H]2O1. The van der Waals surface area contributed by atoms with Gasteiger partial charge in [-0.25, -0.2) is 0 Å². The molecule has 1 aromatic rings. The van der Waals surface area contributed by atoms with E-state index >= 15 is 0 Å². The lowest BCUT2D eigenvalue weighted by molar-refractivity contribution is -0.300. The van der Waals surface area contributed by atoms with Crippen LogP contribution in [0.1, 0.15) is 31.9 Å². The fourth-order valence-corrected chi connectivity index (χ4v) is 3.35. The second-order valence-corrected chi connectivity index (χ2v) is 6.67. The summed E-state index contributed by atoms with van der Waals surface area (Å²) < 4.78 is 17.3. The van der Waals surface area contributed by atoms with Gasteiger partial charge in [0.05, 0.1) is 12.3 Å². The first-order chi connectivity index (χ1) is 11.0. The van der Waals surface area contributed by atoms with Gasteiger partial charge in [0.15, 0.2) is 11.9 Å². The van der Waals surface area contributed by atoms with Crippen LogP contribution in [0.5, 0.6) is 0 Å². The quantitative estimate of drug-likeness (QED) is 0.900. The van der Waals surface area contributed by atoms with Crippen LogP contribution in [0.3, 0.4) is 0 Å². The molecule has 1 unspecified atom stereocenters. The van der Waals surface area contributed by atoms with Crippen molar-refractivity contribution < 1.29 is 24.2 Å². The van der Waals surface area contributed by atoms with Gasteiger partial charge in [-0.3, -0.25) is 0 Å². The fraction of sp³-hybridized carbons (Fsp3) is 0.588. The van der Waals surface area contributed by atoms with Crippen LogP contribution in [0.4, 0.5) is 0 Å². The molecule has 3 aliphatic heterocycles. The standard InChI is InChI=1S/C17H21NO5/c1-17(2)20-9-13-16(22-17)14(19)15(21-13)11-8-12(23-18-11)10-6-4-3-5-7-10/h3-7,12-16,19H,8-9H2,1-2H3/t12?,13-,14+,15-,16+/m1/s1. The molecule has 0 radical (unpaired) electrons. The molecule has 0 aliphatic carbocycles. The third-order valence-electron chi connectivity index (χ3n) is 4.54. The Bertz CT molecular complexity index is 602. The molecule has 0 saturated carbocycles. The number of benzene rings is 1. The highest BCUT2D eigenvalue weighted by atomic mass is 16.7. The van der Waals surface area contributed by atoms with E-state index < -0.39 is 24.1 Å². The maximum atomic E-state index is 10.6. The summed E-state index contributed by atoms with van der Waals surface area (Å²) in [5.41, 5.74) is 1.79. The zero-order valence-corrected chi connectivity index (χ0v) is 13.2. The molecule has 3 heterocycles. The number of oxime groups is 1. The summed E-state index contributed by atoms with van der Waals surface area (Å²) in [6, 6.07) is 9.93. The van der Waals surface area contributed by atoms with Gasteiger partial charge >= 0.3 is 0 Å². The van der Waals surface area contributed by atoms with Crippen LogP contribution in [0.2, 0.25) is 0 Å². The highest BCUT2D eigenvalue weighted by Crippen LogP contribution is 2.37. The molecule has 4 rings (SSSR count). The lowest BCUT2D eigenvalue weighted by atomic mass is 9.98. The van der Waals surface area contributed by atoms with Crippen LogP contribution in [0.25, 0.3) is 0 Å². The van der Waals surface area contributed by atoms with E-state index in [0.717, 1.165) is 11.3 Å². The molecule has 1 aromatic carbocycles. The molecular weight excluding hydrogens is 298 g/mol. The largest absolute Gasteiger partial charge is 0.387 e. The van der Waals surface area contributed by atoms with E-state index in [4.69, 9.17) is 19.0 Å². The van der Waals surface area contributed by atoms with Crippen molar-refractivity contribution in [1.29, 1.82) is 0 Å². The van der Waals surface area contributed by atoms with Gasteiger partial charge in [-0.15, -0.1) is 0 Å². The number of aliphatic hydroxyl groups is 1. The molecule has 0 bridgehead atoms. The average Bonchev–Trinajstić information content (AvgIpc) is 3.13. The minimum atomic E-state index is -0.764. The fourth-order valence-electron chi connectivity index (χ4n) is 3.35. The van der Waals surface area contributed by atoms with Crippen molar-refractivity contribution in [3.63, 3.8) is 0 Å². The van der Waals surface area contributed by atoms with Gasteiger partial charge in [-0.05, 0) is 19.4 Å². The summed E-state index contributed by atoms with van der Waals surface area (Å²) in [5.74, 6) is -0.707. The van der Waals surface area contributed by atoms with Crippen molar-refractivity contribution in [3.8, 4) is 0 Å². The van der Waals surface area contributed by atoms with Gasteiger partial charge in [-0.1, -0.05) is 35.5 Å². The van der Waals surface area contributed by atoms with Crippen LogP contribution >= 0.6 is 0 Å². The molecule has 124 valence electrons. The topological polar surface area (TPSA) is 69.5 Å². The highest BCUT2D eigenvalue weighted by Gasteiger charge is 2.52. The predicted octanol–water partition coefficient (Wildman–Crippen LogP) is 1.78. The van der Waals surface area contributed by atoms with Gasteiger partial charge < -0.3 is 24.2 Å². The average molecular weight is 319 g/mol. The number of hydrogen-bond acceptors (Lipinski definition) is 6. The molecule has 0 amide bonds. The van der Waals surface area contributed by atoms with Crippen molar-refractivity contribution in [3.05, 3.63) is 35.9 Å². The van der Waals surface area contributed by atoms with Crippen LogP contribution in [0, 0.1) is 0 Å². The number of rotatable bonds is 2. The minimum absolute atomic E-state index is 0.127. The van der Waals surface area contributed by atoms with E-state index in [-0.39, 0.29) is 12.2 Å². The molecule has 1 N–H and O–H groups in total. The molecule has 6 heteroatoms. The van der Waals surface area contributed by atoms with Gasteiger partial charge in [0.1, 0.15) is 24.4 Å². The molecule has 6 nitrogen and oxygen atoms in total. The molecule has 5 atom stereocenters. The first kappa shape index (κ1) is 15.1. The summed E-state index contributed by atoms with van der Waals surface area (Å²) in [6.45, 7) is 4.08. The van der Waals surface area contributed by atoms with E-state index in [1.54, 1.807) is 0 Å². The first-order valence-corrected chi connectivity index (χ1v) is 7.96. The predicted molar refractivity (Wildman–Crippen MR) is 81.9 cm³/mol. The summed E-state index contributed by atoms with van der Waals surface area (Å²) in [5, 5.41) is 14.7. The number of aliphatic hydroxyl groups excluding tert-OH is 1. The Kier molecular flexibility index (Phi) is 3.65. The molecule has 0 spiro atoms. The van der Waals surface area contributed by atoms with Gasteiger partial charge in [0, 0.05) is 6.42 Å². The van der Waals surface area contributed by atoms with Gasteiger partial charge in [-0.2, -0.15) is 0 Å². The Morgan fingerprint density at radius 2 is 2.00 bits per heavy atom. The third kappa shape index (κ3) is 2.76. The van der Waals surface area contributed by atoms with Gasteiger partial charge in [0.2, 0.25) is 0 Å². The molecule has 2 fully saturated rings. The molecule has 3 aliphatic rings. The summed E-state index contributed by atoms with van der Waals surface area (Å²) in [6.07, 6.45) is -1.46. The third-order valence-corrected chi connectivity index (χ3v) is 4.54. The Morgan fingerprint density at radius 3 is 2.78 bits per heavy atom. The highest BCUT2D eigenvalue weighted by molar-refractivity contribution is 5.90. The van der Waals surface area contributed by atoms with Crippen LogP contribution in [-0.2, 0) is 19.0 Å². The second kappa shape index (κ2) is 5.56. The van der Waals surface area contributed by atoms with Crippen molar-refractivity contribution in [1.82, 2.24) is 0 Å². The normalized spacial score (nSPS) is 38.7. The Labute approximate surface area is 135 Å². The van der Waals surface area contributed by atoms with Gasteiger partial charge in [0.25, 0.3) is 0 Å².